The molecule has 1 aliphatic carbocycles. The van der Waals surface area contributed by atoms with Crippen LogP contribution in [-0.2, 0) is 12.8 Å². The maximum absolute atomic E-state index is 13.1. The summed E-state index contributed by atoms with van der Waals surface area (Å²) in [5, 5.41) is 15.9. The maximum atomic E-state index is 13.1. The summed E-state index contributed by atoms with van der Waals surface area (Å²) in [5.41, 5.74) is 2.73. The molecule has 1 aromatic heterocycles. The van der Waals surface area contributed by atoms with Crippen molar-refractivity contribution in [3.05, 3.63) is 76.2 Å². The van der Waals surface area contributed by atoms with Gasteiger partial charge in [-0.2, -0.15) is 0 Å². The quantitative estimate of drug-likeness (QED) is 0.529. The number of fused-ring (bicyclic) bond motifs is 1. The summed E-state index contributed by atoms with van der Waals surface area (Å²) >= 11 is 1.50. The van der Waals surface area contributed by atoms with Gasteiger partial charge in [-0.05, 0) is 67.1 Å². The van der Waals surface area contributed by atoms with E-state index in [-0.39, 0.29) is 17.6 Å². The number of carbonyl (C=O) groups is 2. The minimum Gasteiger partial charge on any atom is -0.508 e. The van der Waals surface area contributed by atoms with Gasteiger partial charge in [-0.15, -0.1) is 11.3 Å². The number of benzene rings is 2. The fourth-order valence-corrected chi connectivity index (χ4v) is 4.99. The molecule has 3 aromatic rings. The molecule has 0 bridgehead atoms. The molecule has 29 heavy (non-hydrogen) atoms. The first-order valence-corrected chi connectivity index (χ1v) is 10.4. The Morgan fingerprint density at radius 3 is 2.45 bits per heavy atom. The number of carbonyl (C=O) groups excluding carboxylic acids is 2. The van der Waals surface area contributed by atoms with Crippen molar-refractivity contribution in [1.29, 1.82) is 0 Å². The third kappa shape index (κ3) is 4.17. The van der Waals surface area contributed by atoms with E-state index < -0.39 is 0 Å². The van der Waals surface area contributed by atoms with E-state index in [1.807, 2.05) is 18.2 Å². The summed E-state index contributed by atoms with van der Waals surface area (Å²) < 4.78 is 0. The van der Waals surface area contributed by atoms with Crippen LogP contribution in [0.4, 0.5) is 10.7 Å². The Labute approximate surface area is 173 Å². The first-order valence-electron chi connectivity index (χ1n) is 9.62. The van der Waals surface area contributed by atoms with Gasteiger partial charge < -0.3 is 15.7 Å². The molecule has 0 spiro atoms. The molecule has 5 nitrogen and oxygen atoms in total. The molecule has 6 heteroatoms. The Kier molecular flexibility index (Phi) is 5.36. The summed E-state index contributed by atoms with van der Waals surface area (Å²) in [6, 6.07) is 15.3. The average Bonchev–Trinajstić information content (AvgIpc) is 3.07. The van der Waals surface area contributed by atoms with Crippen molar-refractivity contribution in [3.63, 3.8) is 0 Å². The number of thiophene rings is 1. The summed E-state index contributed by atoms with van der Waals surface area (Å²) in [6.07, 6.45) is 2.77. The van der Waals surface area contributed by atoms with Crippen molar-refractivity contribution >= 4 is 33.8 Å². The predicted molar refractivity (Wildman–Crippen MR) is 116 cm³/mol. The van der Waals surface area contributed by atoms with Crippen molar-refractivity contribution < 1.29 is 14.7 Å². The van der Waals surface area contributed by atoms with E-state index in [1.54, 1.807) is 24.3 Å². The Bertz CT molecular complexity index is 1040. The molecule has 1 aliphatic rings. The largest absolute Gasteiger partial charge is 0.508 e. The van der Waals surface area contributed by atoms with Gasteiger partial charge in [0, 0.05) is 16.1 Å². The molecule has 1 unspecified atom stereocenters. The van der Waals surface area contributed by atoms with Gasteiger partial charge >= 0.3 is 0 Å². The van der Waals surface area contributed by atoms with E-state index >= 15 is 0 Å². The van der Waals surface area contributed by atoms with Crippen LogP contribution in [-0.4, -0.2) is 16.9 Å². The van der Waals surface area contributed by atoms with Gasteiger partial charge in [-0.3, -0.25) is 9.59 Å². The monoisotopic (exact) mass is 406 g/mol. The Morgan fingerprint density at radius 2 is 1.72 bits per heavy atom. The molecule has 0 saturated heterocycles. The number of nitrogens with one attached hydrogen (secondary N) is 2. The van der Waals surface area contributed by atoms with Gasteiger partial charge in [0.2, 0.25) is 0 Å². The number of amides is 2. The predicted octanol–water partition coefficient (Wildman–Crippen LogP) is 5.08. The lowest BCUT2D eigenvalue weighted by atomic mass is 9.88. The van der Waals surface area contributed by atoms with Gasteiger partial charge in [0.05, 0.1) is 5.56 Å². The highest BCUT2D eigenvalue weighted by Crippen LogP contribution is 2.40. The second-order valence-corrected chi connectivity index (χ2v) is 8.48. The molecule has 0 aliphatic heterocycles. The molecule has 1 atom stereocenters. The van der Waals surface area contributed by atoms with Crippen LogP contribution in [0.5, 0.6) is 5.75 Å². The van der Waals surface area contributed by atoms with Crippen LogP contribution < -0.4 is 10.6 Å². The van der Waals surface area contributed by atoms with Crippen molar-refractivity contribution in [2.75, 3.05) is 10.6 Å². The Hall–Kier alpha value is -3.12. The molecular weight excluding hydrogens is 384 g/mol. The zero-order valence-electron chi connectivity index (χ0n) is 16.1. The molecule has 2 amide bonds. The maximum Gasteiger partial charge on any atom is 0.258 e. The van der Waals surface area contributed by atoms with Crippen LogP contribution in [0, 0.1) is 5.92 Å². The minimum absolute atomic E-state index is 0.140. The van der Waals surface area contributed by atoms with Crippen LogP contribution in [0.25, 0.3) is 0 Å². The molecule has 1 heterocycles. The Morgan fingerprint density at radius 1 is 1.00 bits per heavy atom. The molecule has 3 N–H and O–H groups in total. The number of phenols is 1. The van der Waals surface area contributed by atoms with Gasteiger partial charge in [-0.25, -0.2) is 0 Å². The summed E-state index contributed by atoms with van der Waals surface area (Å²) in [7, 11) is 0. The van der Waals surface area contributed by atoms with E-state index in [4.69, 9.17) is 0 Å². The van der Waals surface area contributed by atoms with Gasteiger partial charge in [0.1, 0.15) is 10.8 Å². The normalized spacial score (nSPS) is 15.4. The molecule has 4 rings (SSSR count). The van der Waals surface area contributed by atoms with Crippen LogP contribution in [0.1, 0.15) is 44.5 Å². The van der Waals surface area contributed by atoms with Crippen LogP contribution in [0.3, 0.4) is 0 Å². The highest BCUT2D eigenvalue weighted by Gasteiger charge is 2.28. The smallest absolute Gasteiger partial charge is 0.258 e. The first-order chi connectivity index (χ1) is 14.0. The zero-order chi connectivity index (χ0) is 20.4. The summed E-state index contributed by atoms with van der Waals surface area (Å²) in [6.45, 7) is 2.21. The number of hydrogen-bond donors (Lipinski definition) is 3. The number of phenolic OH excluding ortho intramolecular Hbond substituents is 1. The lowest BCUT2D eigenvalue weighted by molar-refractivity contribution is 0.102. The fourth-order valence-electron chi connectivity index (χ4n) is 3.58. The second-order valence-electron chi connectivity index (χ2n) is 7.38. The summed E-state index contributed by atoms with van der Waals surface area (Å²) in [4.78, 5) is 27.0. The standard InChI is InChI=1S/C23H22N2O3S/c1-14-7-12-18-19(13-14)29-23(25-21(27)15-5-3-2-4-6-15)20(18)22(28)24-16-8-10-17(26)11-9-16/h2-6,8-11,14,26H,7,12-13H2,1H3,(H,24,28)(H,25,27). The van der Waals surface area contributed by atoms with Crippen LogP contribution >= 0.6 is 11.3 Å². The molecule has 2 aromatic carbocycles. The van der Waals surface area contributed by atoms with Crippen LogP contribution in [0.15, 0.2) is 54.6 Å². The lowest BCUT2D eigenvalue weighted by Gasteiger charge is -2.18. The van der Waals surface area contributed by atoms with Gasteiger partial charge in [0.15, 0.2) is 0 Å². The van der Waals surface area contributed by atoms with E-state index in [1.165, 1.54) is 28.3 Å². The van der Waals surface area contributed by atoms with E-state index in [9.17, 15) is 14.7 Å². The topological polar surface area (TPSA) is 78.4 Å². The van der Waals surface area contributed by atoms with Crippen molar-refractivity contribution in [1.82, 2.24) is 0 Å². The van der Waals surface area contributed by atoms with Gasteiger partial charge in [0.25, 0.3) is 11.8 Å². The van der Waals surface area contributed by atoms with Crippen LogP contribution in [0.2, 0.25) is 0 Å². The molecule has 148 valence electrons. The van der Waals surface area contributed by atoms with Crippen molar-refractivity contribution in [2.24, 2.45) is 5.92 Å². The molecule has 0 saturated carbocycles. The second kappa shape index (κ2) is 8.09. The number of hydrogen-bond acceptors (Lipinski definition) is 4. The highest BCUT2D eigenvalue weighted by molar-refractivity contribution is 7.17. The molecular formula is C23H22N2O3S. The van der Waals surface area contributed by atoms with E-state index in [0.717, 1.165) is 24.8 Å². The first kappa shape index (κ1) is 19.2. The fraction of sp³-hybridized carbons (Fsp3) is 0.217. The van der Waals surface area contributed by atoms with Gasteiger partial charge in [-0.1, -0.05) is 25.1 Å². The lowest BCUT2D eigenvalue weighted by Crippen LogP contribution is -2.19. The number of anilines is 2. The summed E-state index contributed by atoms with van der Waals surface area (Å²) in [5.74, 6) is 0.231. The van der Waals surface area contributed by atoms with Crippen molar-refractivity contribution in [2.45, 2.75) is 26.2 Å². The molecule has 0 fully saturated rings. The number of aromatic hydroxyl groups is 1. The highest BCUT2D eigenvalue weighted by atomic mass is 32.1. The third-order valence-corrected chi connectivity index (χ3v) is 6.30. The minimum atomic E-state index is -0.244. The third-order valence-electron chi connectivity index (χ3n) is 5.13. The zero-order valence-corrected chi connectivity index (χ0v) is 16.9. The Balaban J connectivity index is 1.66. The average molecular weight is 407 g/mol. The molecule has 0 radical (unpaired) electrons. The van der Waals surface area contributed by atoms with Crippen molar-refractivity contribution in [3.8, 4) is 5.75 Å². The number of rotatable bonds is 4. The SMILES string of the molecule is CC1CCc2c(sc(NC(=O)c3ccccc3)c2C(=O)Nc2ccc(O)cc2)C1. The van der Waals surface area contributed by atoms with E-state index in [2.05, 4.69) is 17.6 Å². The van der Waals surface area contributed by atoms with E-state index in [0.29, 0.717) is 27.7 Å².